The Bertz CT molecular complexity index is 720. The SMILES string of the molecule is CCn1cc2cccc(C(=O)NCC3CCN(CCCOC)CC3)c2n1. The van der Waals surface area contributed by atoms with E-state index in [1.165, 1.54) is 0 Å². The van der Waals surface area contributed by atoms with Crippen molar-refractivity contribution < 1.29 is 9.53 Å². The minimum Gasteiger partial charge on any atom is -0.385 e. The predicted octanol–water partition coefficient (Wildman–Crippen LogP) is 2.53. The van der Waals surface area contributed by atoms with Crippen LogP contribution in [0.4, 0.5) is 0 Å². The molecule has 1 aliphatic heterocycles. The maximum atomic E-state index is 12.7. The fourth-order valence-corrected chi connectivity index (χ4v) is 3.62. The number of carbonyl (C=O) groups is 1. The number of nitrogens with zero attached hydrogens (tertiary/aromatic N) is 3. The number of likely N-dealkylation sites (tertiary alicyclic amines) is 1. The van der Waals surface area contributed by atoms with Crippen molar-refractivity contribution in [2.75, 3.05) is 39.9 Å². The highest BCUT2D eigenvalue weighted by molar-refractivity contribution is 6.05. The lowest BCUT2D eigenvalue weighted by Crippen LogP contribution is -2.39. The van der Waals surface area contributed by atoms with E-state index in [1.807, 2.05) is 36.0 Å². The molecule has 1 saturated heterocycles. The van der Waals surface area contributed by atoms with Crippen molar-refractivity contribution in [3.63, 3.8) is 0 Å². The predicted molar refractivity (Wildman–Crippen MR) is 103 cm³/mol. The van der Waals surface area contributed by atoms with Gasteiger partial charge in [0.05, 0.1) is 5.56 Å². The lowest BCUT2D eigenvalue weighted by molar-refractivity contribution is 0.0935. The van der Waals surface area contributed by atoms with Crippen LogP contribution in [0, 0.1) is 5.92 Å². The quantitative estimate of drug-likeness (QED) is 0.737. The van der Waals surface area contributed by atoms with Gasteiger partial charge in [0.25, 0.3) is 5.91 Å². The van der Waals surface area contributed by atoms with E-state index in [-0.39, 0.29) is 5.91 Å². The number of hydrogen-bond donors (Lipinski definition) is 1. The van der Waals surface area contributed by atoms with Crippen molar-refractivity contribution in [2.24, 2.45) is 5.92 Å². The van der Waals surface area contributed by atoms with Crippen LogP contribution in [-0.2, 0) is 11.3 Å². The molecule has 0 aliphatic carbocycles. The van der Waals surface area contributed by atoms with Crippen molar-refractivity contribution in [3.8, 4) is 0 Å². The lowest BCUT2D eigenvalue weighted by Gasteiger charge is -2.31. The zero-order valence-electron chi connectivity index (χ0n) is 15.9. The summed E-state index contributed by atoms with van der Waals surface area (Å²) in [5.41, 5.74) is 1.46. The first-order chi connectivity index (χ1) is 12.7. The molecular formula is C20H30N4O2. The van der Waals surface area contributed by atoms with Crippen molar-refractivity contribution in [2.45, 2.75) is 32.7 Å². The van der Waals surface area contributed by atoms with Gasteiger partial charge in [-0.25, -0.2) is 0 Å². The molecule has 6 nitrogen and oxygen atoms in total. The van der Waals surface area contributed by atoms with Gasteiger partial charge in [-0.1, -0.05) is 12.1 Å². The highest BCUT2D eigenvalue weighted by atomic mass is 16.5. The van der Waals surface area contributed by atoms with E-state index in [0.29, 0.717) is 11.5 Å². The maximum absolute atomic E-state index is 12.7. The Hall–Kier alpha value is -1.92. The molecule has 1 amide bonds. The number of aryl methyl sites for hydroxylation is 1. The molecule has 0 unspecified atom stereocenters. The van der Waals surface area contributed by atoms with Crippen LogP contribution < -0.4 is 5.32 Å². The van der Waals surface area contributed by atoms with Gasteiger partial charge in [0.2, 0.25) is 0 Å². The van der Waals surface area contributed by atoms with E-state index in [0.717, 1.165) is 69.5 Å². The molecule has 0 atom stereocenters. The fourth-order valence-electron chi connectivity index (χ4n) is 3.62. The molecule has 3 rings (SSSR count). The highest BCUT2D eigenvalue weighted by Crippen LogP contribution is 2.19. The molecule has 1 fully saturated rings. The van der Waals surface area contributed by atoms with Crippen LogP contribution in [-0.4, -0.2) is 60.5 Å². The smallest absolute Gasteiger partial charge is 0.253 e. The van der Waals surface area contributed by atoms with Gasteiger partial charge in [0, 0.05) is 44.9 Å². The van der Waals surface area contributed by atoms with Gasteiger partial charge in [0.1, 0.15) is 5.52 Å². The Labute approximate surface area is 155 Å². The van der Waals surface area contributed by atoms with Gasteiger partial charge in [-0.2, -0.15) is 5.10 Å². The van der Waals surface area contributed by atoms with Gasteiger partial charge in [0.15, 0.2) is 0 Å². The third kappa shape index (κ3) is 4.62. The number of piperidine rings is 1. The number of nitrogens with one attached hydrogen (secondary N) is 1. The van der Waals surface area contributed by atoms with E-state index in [4.69, 9.17) is 4.74 Å². The van der Waals surface area contributed by atoms with Crippen molar-refractivity contribution in [1.82, 2.24) is 20.0 Å². The summed E-state index contributed by atoms with van der Waals surface area (Å²) in [6, 6.07) is 5.80. The number of carbonyl (C=O) groups excluding carboxylic acids is 1. The van der Waals surface area contributed by atoms with Gasteiger partial charge >= 0.3 is 0 Å². The van der Waals surface area contributed by atoms with Gasteiger partial charge in [-0.05, 0) is 51.3 Å². The molecule has 1 aliphatic rings. The summed E-state index contributed by atoms with van der Waals surface area (Å²) >= 11 is 0. The number of methoxy groups -OCH3 is 1. The van der Waals surface area contributed by atoms with Crippen LogP contribution >= 0.6 is 0 Å². The summed E-state index contributed by atoms with van der Waals surface area (Å²) in [6.45, 7) is 7.76. The average Bonchev–Trinajstić information content (AvgIpc) is 3.10. The van der Waals surface area contributed by atoms with E-state index >= 15 is 0 Å². The molecule has 26 heavy (non-hydrogen) atoms. The van der Waals surface area contributed by atoms with Crippen molar-refractivity contribution >= 4 is 16.8 Å². The third-order valence-electron chi connectivity index (χ3n) is 5.23. The lowest BCUT2D eigenvalue weighted by atomic mass is 9.96. The first-order valence-electron chi connectivity index (χ1n) is 9.67. The zero-order chi connectivity index (χ0) is 18.4. The second-order valence-electron chi connectivity index (χ2n) is 7.07. The molecule has 0 saturated carbocycles. The Morgan fingerprint density at radius 2 is 2.15 bits per heavy atom. The van der Waals surface area contributed by atoms with Crippen LogP contribution in [0.5, 0.6) is 0 Å². The highest BCUT2D eigenvalue weighted by Gasteiger charge is 2.20. The number of hydrogen-bond acceptors (Lipinski definition) is 4. The van der Waals surface area contributed by atoms with Crippen LogP contribution in [0.25, 0.3) is 10.9 Å². The second kappa shape index (κ2) is 9.14. The van der Waals surface area contributed by atoms with E-state index in [2.05, 4.69) is 15.3 Å². The van der Waals surface area contributed by atoms with Crippen molar-refractivity contribution in [3.05, 3.63) is 30.0 Å². The molecule has 1 aromatic carbocycles. The molecule has 142 valence electrons. The molecular weight excluding hydrogens is 328 g/mol. The standard InChI is InChI=1S/C20H30N4O2/c1-3-24-15-17-6-4-7-18(19(17)22-24)20(25)21-14-16-8-11-23(12-9-16)10-5-13-26-2/h4,6-7,15-16H,3,5,8-14H2,1-2H3,(H,21,25). The normalized spacial score (nSPS) is 16.2. The average molecular weight is 358 g/mol. The largest absolute Gasteiger partial charge is 0.385 e. The summed E-state index contributed by atoms with van der Waals surface area (Å²) in [4.78, 5) is 15.1. The van der Waals surface area contributed by atoms with Crippen LogP contribution in [0.2, 0.25) is 0 Å². The zero-order valence-corrected chi connectivity index (χ0v) is 15.9. The first-order valence-corrected chi connectivity index (χ1v) is 9.67. The summed E-state index contributed by atoms with van der Waals surface area (Å²) in [7, 11) is 1.75. The van der Waals surface area contributed by atoms with Crippen LogP contribution in [0.3, 0.4) is 0 Å². The molecule has 1 aromatic heterocycles. The van der Waals surface area contributed by atoms with Gasteiger partial charge in [-0.3, -0.25) is 9.48 Å². The monoisotopic (exact) mass is 358 g/mol. The molecule has 1 N–H and O–H groups in total. The Morgan fingerprint density at radius 1 is 1.35 bits per heavy atom. The summed E-state index contributed by atoms with van der Waals surface area (Å²) in [5.74, 6) is 0.546. The summed E-state index contributed by atoms with van der Waals surface area (Å²) in [5, 5.41) is 8.68. The number of fused-ring (bicyclic) bond motifs is 1. The molecule has 2 heterocycles. The number of aromatic nitrogens is 2. The molecule has 6 heteroatoms. The number of rotatable bonds is 8. The summed E-state index contributed by atoms with van der Waals surface area (Å²) in [6.07, 6.45) is 5.36. The van der Waals surface area contributed by atoms with Crippen molar-refractivity contribution in [1.29, 1.82) is 0 Å². The minimum atomic E-state index is -0.0144. The fraction of sp³-hybridized carbons (Fsp3) is 0.600. The summed E-state index contributed by atoms with van der Waals surface area (Å²) < 4.78 is 7.00. The second-order valence-corrected chi connectivity index (χ2v) is 7.07. The topological polar surface area (TPSA) is 59.4 Å². The van der Waals surface area contributed by atoms with E-state index in [1.54, 1.807) is 7.11 Å². The van der Waals surface area contributed by atoms with E-state index < -0.39 is 0 Å². The number of ether oxygens (including phenoxy) is 1. The number of amides is 1. The molecule has 0 spiro atoms. The number of benzene rings is 1. The Kier molecular flexibility index (Phi) is 6.63. The van der Waals surface area contributed by atoms with E-state index in [9.17, 15) is 4.79 Å². The Balaban J connectivity index is 1.50. The first kappa shape index (κ1) is 18.9. The van der Waals surface area contributed by atoms with Crippen LogP contribution in [0.1, 0.15) is 36.5 Å². The Morgan fingerprint density at radius 3 is 2.88 bits per heavy atom. The van der Waals surface area contributed by atoms with Crippen LogP contribution in [0.15, 0.2) is 24.4 Å². The molecule has 2 aromatic rings. The molecule has 0 radical (unpaired) electrons. The maximum Gasteiger partial charge on any atom is 0.253 e. The van der Waals surface area contributed by atoms with Gasteiger partial charge in [-0.15, -0.1) is 0 Å². The third-order valence-corrected chi connectivity index (χ3v) is 5.23. The molecule has 0 bridgehead atoms. The minimum absolute atomic E-state index is 0.0144. The van der Waals surface area contributed by atoms with Gasteiger partial charge < -0.3 is 15.0 Å².